The maximum atomic E-state index is 12.1. The number of amides is 3. The maximum Gasteiger partial charge on any atom is 0.407 e. The molecule has 0 aromatic carbocycles. The zero-order chi connectivity index (χ0) is 20.7. The van der Waals surface area contributed by atoms with E-state index < -0.39 is 11.5 Å². The number of nitrogens with two attached hydrogens (primary N) is 1. The molecule has 0 atom stereocenters. The van der Waals surface area contributed by atoms with Crippen molar-refractivity contribution in [1.29, 1.82) is 0 Å². The monoisotopic (exact) mass is 410 g/mol. The molecule has 4 N–H and O–H groups in total. The van der Waals surface area contributed by atoms with Crippen LogP contribution >= 0.6 is 11.3 Å². The fourth-order valence-corrected chi connectivity index (χ4v) is 3.81. The number of alkyl carbamates (subject to hydrolysis) is 1. The Hall–Kier alpha value is -2.13. The first-order valence-electron chi connectivity index (χ1n) is 9.50. The highest BCUT2D eigenvalue weighted by Crippen LogP contribution is 2.23. The molecule has 1 aliphatic rings. The Morgan fingerprint density at radius 3 is 2.57 bits per heavy atom. The van der Waals surface area contributed by atoms with Crippen molar-refractivity contribution in [2.75, 3.05) is 31.5 Å². The molecule has 0 bridgehead atoms. The van der Waals surface area contributed by atoms with Crippen molar-refractivity contribution in [3.05, 3.63) is 17.0 Å². The Bertz CT molecular complexity index is 690. The van der Waals surface area contributed by atoms with E-state index in [1.165, 1.54) is 11.3 Å². The topological polar surface area (TPSA) is 114 Å². The molecule has 8 nitrogen and oxygen atoms in total. The number of primary amides is 1. The van der Waals surface area contributed by atoms with E-state index in [0.717, 1.165) is 25.9 Å². The Morgan fingerprint density at radius 2 is 1.96 bits per heavy atom. The third kappa shape index (κ3) is 7.47. The first-order valence-corrected chi connectivity index (χ1v) is 10.4. The van der Waals surface area contributed by atoms with Crippen LogP contribution in [0.3, 0.4) is 0 Å². The van der Waals surface area contributed by atoms with Gasteiger partial charge in [-0.05, 0) is 64.1 Å². The van der Waals surface area contributed by atoms with Gasteiger partial charge in [0.1, 0.15) is 10.6 Å². The second-order valence-corrected chi connectivity index (χ2v) is 8.91. The highest BCUT2D eigenvalue weighted by atomic mass is 32.1. The van der Waals surface area contributed by atoms with Crippen LogP contribution in [0.15, 0.2) is 11.4 Å². The van der Waals surface area contributed by atoms with Gasteiger partial charge in [-0.25, -0.2) is 4.79 Å². The molecule has 1 aromatic heterocycles. The minimum Gasteiger partial charge on any atom is -0.444 e. The number of carbonyl (C=O) groups is 3. The Kier molecular flexibility index (Phi) is 7.82. The van der Waals surface area contributed by atoms with Gasteiger partial charge in [0.25, 0.3) is 5.91 Å². The fourth-order valence-electron chi connectivity index (χ4n) is 3.00. The van der Waals surface area contributed by atoms with Gasteiger partial charge in [-0.1, -0.05) is 0 Å². The molecule has 2 rings (SSSR count). The molecule has 0 radical (unpaired) electrons. The third-order valence-electron chi connectivity index (χ3n) is 4.48. The average Bonchev–Trinajstić information content (AvgIpc) is 3.06. The highest BCUT2D eigenvalue weighted by molar-refractivity contribution is 7.14. The number of hydrogen-bond acceptors (Lipinski definition) is 6. The molecular formula is C19H30N4O4S. The number of thiophene rings is 1. The summed E-state index contributed by atoms with van der Waals surface area (Å²) in [5.74, 6) is -0.251. The molecule has 0 saturated carbocycles. The minimum absolute atomic E-state index is 0.126. The first-order chi connectivity index (χ1) is 13.1. The smallest absolute Gasteiger partial charge is 0.407 e. The van der Waals surface area contributed by atoms with Gasteiger partial charge in [0.05, 0.1) is 5.56 Å². The number of piperidine rings is 1. The van der Waals surface area contributed by atoms with Gasteiger partial charge in [0.15, 0.2) is 0 Å². The number of nitrogens with zero attached hydrogens (tertiary/aromatic N) is 1. The number of likely N-dealkylation sites (tertiary alicyclic amines) is 1. The van der Waals surface area contributed by atoms with Crippen LogP contribution in [0.5, 0.6) is 0 Å². The van der Waals surface area contributed by atoms with Crippen molar-refractivity contribution in [2.45, 2.75) is 45.6 Å². The minimum atomic E-state index is -0.543. The van der Waals surface area contributed by atoms with Crippen LogP contribution in [0.25, 0.3) is 0 Å². The summed E-state index contributed by atoms with van der Waals surface area (Å²) in [4.78, 5) is 37.4. The first kappa shape index (κ1) is 22.2. The lowest BCUT2D eigenvalue weighted by Gasteiger charge is -2.32. The zero-order valence-electron chi connectivity index (χ0n) is 16.7. The average molecular weight is 411 g/mol. The van der Waals surface area contributed by atoms with E-state index in [2.05, 4.69) is 15.5 Å². The molecule has 3 amide bonds. The number of nitrogens with one attached hydrogen (secondary N) is 2. The van der Waals surface area contributed by atoms with Crippen LogP contribution < -0.4 is 16.4 Å². The van der Waals surface area contributed by atoms with Crippen molar-refractivity contribution in [2.24, 2.45) is 11.7 Å². The highest BCUT2D eigenvalue weighted by Gasteiger charge is 2.22. The number of rotatable bonds is 7. The predicted octanol–water partition coefficient (Wildman–Crippen LogP) is 2.41. The molecular weight excluding hydrogens is 380 g/mol. The Balaban J connectivity index is 1.64. The lowest BCUT2D eigenvalue weighted by atomic mass is 9.97. The van der Waals surface area contributed by atoms with Crippen molar-refractivity contribution in [1.82, 2.24) is 10.2 Å². The van der Waals surface area contributed by atoms with Crippen molar-refractivity contribution < 1.29 is 19.1 Å². The van der Waals surface area contributed by atoms with Gasteiger partial charge < -0.3 is 26.0 Å². The number of ether oxygens (including phenoxy) is 1. The van der Waals surface area contributed by atoms with Crippen LogP contribution in [0, 0.1) is 5.92 Å². The summed E-state index contributed by atoms with van der Waals surface area (Å²) in [5, 5.41) is 7.83. The van der Waals surface area contributed by atoms with Crippen molar-refractivity contribution >= 4 is 34.2 Å². The summed E-state index contributed by atoms with van der Waals surface area (Å²) >= 11 is 1.29. The SMILES string of the molecule is CC(C)(C)OC(=O)NCC1CCN(CCC(=O)Nc2sccc2C(N)=O)CC1. The maximum absolute atomic E-state index is 12.1. The quantitative estimate of drug-likeness (QED) is 0.639. The number of hydrogen-bond donors (Lipinski definition) is 3. The Morgan fingerprint density at radius 1 is 1.29 bits per heavy atom. The van der Waals surface area contributed by atoms with Crippen LogP contribution in [0.1, 0.15) is 50.4 Å². The van der Waals surface area contributed by atoms with E-state index in [0.29, 0.717) is 36.0 Å². The summed E-state index contributed by atoms with van der Waals surface area (Å²) < 4.78 is 5.25. The lowest BCUT2D eigenvalue weighted by Crippen LogP contribution is -2.41. The number of carbonyl (C=O) groups excluding carboxylic acids is 3. The van der Waals surface area contributed by atoms with Crippen LogP contribution in [-0.4, -0.2) is 54.6 Å². The number of anilines is 1. The van der Waals surface area contributed by atoms with Crippen LogP contribution in [0.4, 0.5) is 9.80 Å². The van der Waals surface area contributed by atoms with Gasteiger partial charge in [-0.15, -0.1) is 11.3 Å². The standard InChI is InChI=1S/C19H30N4O4S/c1-19(2,3)27-18(26)21-12-13-4-8-23(9-5-13)10-6-15(24)22-17-14(16(20)25)7-11-28-17/h7,11,13H,4-6,8-10,12H2,1-3H3,(H2,20,25)(H,21,26)(H,22,24). The molecule has 2 heterocycles. The second-order valence-electron chi connectivity index (χ2n) is 7.99. The molecule has 9 heteroatoms. The summed E-state index contributed by atoms with van der Waals surface area (Å²) in [7, 11) is 0. The van der Waals surface area contributed by atoms with E-state index in [1.807, 2.05) is 20.8 Å². The van der Waals surface area contributed by atoms with Crippen molar-refractivity contribution in [3.63, 3.8) is 0 Å². The normalized spacial score (nSPS) is 15.8. The van der Waals surface area contributed by atoms with Gasteiger partial charge in [-0.2, -0.15) is 0 Å². The van der Waals surface area contributed by atoms with Gasteiger partial charge >= 0.3 is 6.09 Å². The predicted molar refractivity (Wildman–Crippen MR) is 109 cm³/mol. The third-order valence-corrected chi connectivity index (χ3v) is 5.31. The fraction of sp³-hybridized carbons (Fsp3) is 0.632. The second kappa shape index (κ2) is 9.88. The van der Waals surface area contributed by atoms with E-state index in [-0.39, 0.29) is 12.0 Å². The molecule has 1 aliphatic heterocycles. The Labute approximate surface area is 169 Å². The summed E-state index contributed by atoms with van der Waals surface area (Å²) in [6, 6.07) is 1.61. The zero-order valence-corrected chi connectivity index (χ0v) is 17.6. The lowest BCUT2D eigenvalue weighted by molar-refractivity contribution is -0.116. The summed E-state index contributed by atoms with van der Waals surface area (Å²) in [6.07, 6.45) is 1.91. The summed E-state index contributed by atoms with van der Waals surface area (Å²) in [6.45, 7) is 8.57. The molecule has 1 saturated heterocycles. The summed E-state index contributed by atoms with van der Waals surface area (Å²) in [5.41, 5.74) is 5.14. The van der Waals surface area contributed by atoms with E-state index in [4.69, 9.17) is 10.5 Å². The molecule has 0 aliphatic carbocycles. The van der Waals surface area contributed by atoms with Crippen LogP contribution in [-0.2, 0) is 9.53 Å². The molecule has 0 unspecified atom stereocenters. The van der Waals surface area contributed by atoms with Crippen molar-refractivity contribution in [3.8, 4) is 0 Å². The molecule has 1 aromatic rings. The van der Waals surface area contributed by atoms with Crippen LogP contribution in [0.2, 0.25) is 0 Å². The molecule has 1 fully saturated rings. The molecule has 28 heavy (non-hydrogen) atoms. The van der Waals surface area contributed by atoms with E-state index >= 15 is 0 Å². The van der Waals surface area contributed by atoms with Gasteiger partial charge in [0.2, 0.25) is 5.91 Å². The molecule has 0 spiro atoms. The molecule has 156 valence electrons. The van der Waals surface area contributed by atoms with Gasteiger partial charge in [-0.3, -0.25) is 9.59 Å². The largest absolute Gasteiger partial charge is 0.444 e. The van der Waals surface area contributed by atoms with Gasteiger partial charge in [0, 0.05) is 19.5 Å². The van der Waals surface area contributed by atoms with E-state index in [9.17, 15) is 14.4 Å². The van der Waals surface area contributed by atoms with E-state index in [1.54, 1.807) is 11.4 Å².